The molecular formula is C13H19N3O3. The number of nitrogens with one attached hydrogen (secondary N) is 2. The normalized spacial score (nSPS) is 26.9. The van der Waals surface area contributed by atoms with Gasteiger partial charge in [-0.15, -0.1) is 0 Å². The Morgan fingerprint density at radius 3 is 2.84 bits per heavy atom. The van der Waals surface area contributed by atoms with Crippen LogP contribution in [0.2, 0.25) is 0 Å². The number of aryl methyl sites for hydroxylation is 1. The summed E-state index contributed by atoms with van der Waals surface area (Å²) in [7, 11) is 0. The molecule has 0 aliphatic heterocycles. The Balaban J connectivity index is 2.15. The molecule has 1 fully saturated rings. The predicted octanol–water partition coefficient (Wildman–Crippen LogP) is 1.48. The summed E-state index contributed by atoms with van der Waals surface area (Å²) in [6.07, 6.45) is 4.59. The molecule has 104 valence electrons. The summed E-state index contributed by atoms with van der Waals surface area (Å²) in [6.45, 7) is 3.47. The van der Waals surface area contributed by atoms with E-state index in [0.29, 0.717) is 24.1 Å². The first-order valence-electron chi connectivity index (χ1n) is 6.49. The standard InChI is InChI=1S/C13H19N3O3/c1-8-9(7-14-16-8)11(17)15-10-5-3-4-6-13(10,2)12(18)19/h7,10H,3-6H2,1-2H3,(H,14,16)(H,15,17)(H,18,19). The molecule has 1 aliphatic rings. The van der Waals surface area contributed by atoms with Crippen LogP contribution in [0.15, 0.2) is 6.20 Å². The van der Waals surface area contributed by atoms with Gasteiger partial charge in [-0.1, -0.05) is 12.8 Å². The number of carbonyl (C=O) groups excluding carboxylic acids is 1. The summed E-state index contributed by atoms with van der Waals surface area (Å²) in [5.41, 5.74) is 0.273. The maximum atomic E-state index is 12.1. The first-order valence-corrected chi connectivity index (χ1v) is 6.49. The number of hydrogen-bond acceptors (Lipinski definition) is 3. The molecular weight excluding hydrogens is 246 g/mol. The Morgan fingerprint density at radius 1 is 1.53 bits per heavy atom. The lowest BCUT2D eigenvalue weighted by atomic mass is 9.71. The fraction of sp³-hybridized carbons (Fsp3) is 0.615. The zero-order valence-electron chi connectivity index (χ0n) is 11.2. The highest BCUT2D eigenvalue weighted by molar-refractivity contribution is 5.95. The molecule has 0 radical (unpaired) electrons. The molecule has 0 spiro atoms. The van der Waals surface area contributed by atoms with E-state index in [1.807, 2.05) is 0 Å². The maximum absolute atomic E-state index is 12.1. The number of carboxylic acids is 1. The van der Waals surface area contributed by atoms with Crippen molar-refractivity contribution in [2.75, 3.05) is 0 Å². The molecule has 1 aliphatic carbocycles. The van der Waals surface area contributed by atoms with Crippen molar-refractivity contribution >= 4 is 11.9 Å². The lowest BCUT2D eigenvalue weighted by Gasteiger charge is -2.38. The summed E-state index contributed by atoms with van der Waals surface area (Å²) in [6, 6.07) is -0.333. The number of H-pyrrole nitrogens is 1. The number of aliphatic carboxylic acids is 1. The SMILES string of the molecule is Cc1[nH]ncc1C(=O)NC1CCCCC1(C)C(=O)O. The fourth-order valence-electron chi connectivity index (χ4n) is 2.64. The lowest BCUT2D eigenvalue weighted by Crippen LogP contribution is -2.52. The molecule has 6 heteroatoms. The second-order valence-corrected chi connectivity index (χ2v) is 5.40. The molecule has 3 N–H and O–H groups in total. The Hall–Kier alpha value is -1.85. The van der Waals surface area contributed by atoms with Crippen molar-refractivity contribution in [2.45, 2.75) is 45.6 Å². The maximum Gasteiger partial charge on any atom is 0.311 e. The molecule has 6 nitrogen and oxygen atoms in total. The van der Waals surface area contributed by atoms with Gasteiger partial charge in [0.25, 0.3) is 5.91 Å². The van der Waals surface area contributed by atoms with Crippen molar-refractivity contribution in [3.05, 3.63) is 17.5 Å². The zero-order chi connectivity index (χ0) is 14.0. The van der Waals surface area contributed by atoms with E-state index in [0.717, 1.165) is 12.8 Å². The lowest BCUT2D eigenvalue weighted by molar-refractivity contribution is -0.151. The van der Waals surface area contributed by atoms with Gasteiger partial charge in [0, 0.05) is 11.7 Å². The summed E-state index contributed by atoms with van der Waals surface area (Å²) in [5.74, 6) is -1.10. The largest absolute Gasteiger partial charge is 0.481 e. The van der Waals surface area contributed by atoms with Crippen molar-refractivity contribution in [2.24, 2.45) is 5.41 Å². The van der Waals surface area contributed by atoms with Gasteiger partial charge in [0.15, 0.2) is 0 Å². The summed E-state index contributed by atoms with van der Waals surface area (Å²) in [5, 5.41) is 18.8. The highest BCUT2D eigenvalue weighted by Gasteiger charge is 2.44. The van der Waals surface area contributed by atoms with Crippen molar-refractivity contribution in [1.29, 1.82) is 0 Å². The smallest absolute Gasteiger partial charge is 0.311 e. The molecule has 1 saturated carbocycles. The summed E-state index contributed by atoms with van der Waals surface area (Å²) in [4.78, 5) is 23.6. The van der Waals surface area contributed by atoms with E-state index in [1.165, 1.54) is 6.20 Å². The molecule has 0 saturated heterocycles. The quantitative estimate of drug-likeness (QED) is 0.771. The van der Waals surface area contributed by atoms with Crippen LogP contribution in [0.25, 0.3) is 0 Å². The topological polar surface area (TPSA) is 95.1 Å². The minimum atomic E-state index is -0.883. The number of aromatic amines is 1. The molecule has 0 aromatic carbocycles. The highest BCUT2D eigenvalue weighted by Crippen LogP contribution is 2.36. The van der Waals surface area contributed by atoms with Gasteiger partial charge in [-0.3, -0.25) is 14.7 Å². The molecule has 1 aromatic heterocycles. The second-order valence-electron chi connectivity index (χ2n) is 5.40. The van der Waals surface area contributed by atoms with E-state index < -0.39 is 11.4 Å². The van der Waals surface area contributed by atoms with Gasteiger partial charge in [0.05, 0.1) is 17.2 Å². The van der Waals surface area contributed by atoms with Crippen LogP contribution in [0, 0.1) is 12.3 Å². The van der Waals surface area contributed by atoms with Crippen LogP contribution >= 0.6 is 0 Å². The Labute approximate surface area is 111 Å². The second kappa shape index (κ2) is 5.03. The minimum absolute atomic E-state index is 0.259. The predicted molar refractivity (Wildman–Crippen MR) is 68.8 cm³/mol. The van der Waals surface area contributed by atoms with Gasteiger partial charge in [-0.05, 0) is 26.7 Å². The van der Waals surface area contributed by atoms with Gasteiger partial charge in [-0.2, -0.15) is 5.10 Å². The van der Waals surface area contributed by atoms with E-state index in [4.69, 9.17) is 0 Å². The van der Waals surface area contributed by atoms with Crippen LogP contribution < -0.4 is 5.32 Å². The van der Waals surface area contributed by atoms with Crippen LogP contribution in [-0.2, 0) is 4.79 Å². The third-order valence-electron chi connectivity index (χ3n) is 4.08. The van der Waals surface area contributed by atoms with E-state index in [2.05, 4.69) is 15.5 Å². The average molecular weight is 265 g/mol. The van der Waals surface area contributed by atoms with Gasteiger partial charge in [0.1, 0.15) is 0 Å². The summed E-state index contributed by atoms with van der Waals surface area (Å²) >= 11 is 0. The third-order valence-corrected chi connectivity index (χ3v) is 4.08. The van der Waals surface area contributed by atoms with E-state index >= 15 is 0 Å². The molecule has 2 rings (SSSR count). The summed E-state index contributed by atoms with van der Waals surface area (Å²) < 4.78 is 0. The number of carbonyl (C=O) groups is 2. The van der Waals surface area contributed by atoms with Crippen molar-refractivity contribution in [3.8, 4) is 0 Å². The number of hydrogen-bond donors (Lipinski definition) is 3. The van der Waals surface area contributed by atoms with Gasteiger partial charge < -0.3 is 10.4 Å². The molecule has 2 atom stereocenters. The number of nitrogens with zero attached hydrogens (tertiary/aromatic N) is 1. The zero-order valence-corrected chi connectivity index (χ0v) is 11.2. The third kappa shape index (κ3) is 2.47. The highest BCUT2D eigenvalue weighted by atomic mass is 16.4. The Kier molecular flexibility index (Phi) is 3.59. The minimum Gasteiger partial charge on any atom is -0.481 e. The van der Waals surface area contributed by atoms with Crippen molar-refractivity contribution in [1.82, 2.24) is 15.5 Å². The number of aromatic nitrogens is 2. The van der Waals surface area contributed by atoms with Gasteiger partial charge >= 0.3 is 5.97 Å². The molecule has 1 heterocycles. The average Bonchev–Trinajstić information content (AvgIpc) is 2.78. The van der Waals surface area contributed by atoms with Gasteiger partial charge in [0.2, 0.25) is 0 Å². The molecule has 19 heavy (non-hydrogen) atoms. The first-order chi connectivity index (χ1) is 8.95. The molecule has 1 aromatic rings. The Morgan fingerprint density at radius 2 is 2.26 bits per heavy atom. The first kappa shape index (κ1) is 13.6. The molecule has 0 bridgehead atoms. The number of rotatable bonds is 3. The van der Waals surface area contributed by atoms with E-state index in [1.54, 1.807) is 13.8 Å². The van der Waals surface area contributed by atoms with Crippen LogP contribution in [0.1, 0.15) is 48.7 Å². The van der Waals surface area contributed by atoms with Crippen LogP contribution in [0.3, 0.4) is 0 Å². The number of carboxylic acid groups (broad SMARTS) is 1. The fourth-order valence-corrected chi connectivity index (χ4v) is 2.64. The number of amides is 1. The van der Waals surface area contributed by atoms with Crippen LogP contribution in [0.5, 0.6) is 0 Å². The molecule has 2 unspecified atom stereocenters. The van der Waals surface area contributed by atoms with E-state index in [-0.39, 0.29) is 11.9 Å². The van der Waals surface area contributed by atoms with Crippen LogP contribution in [-0.4, -0.2) is 33.2 Å². The van der Waals surface area contributed by atoms with Crippen molar-refractivity contribution in [3.63, 3.8) is 0 Å². The molecule has 1 amide bonds. The van der Waals surface area contributed by atoms with Gasteiger partial charge in [-0.25, -0.2) is 0 Å². The van der Waals surface area contributed by atoms with E-state index in [9.17, 15) is 14.7 Å². The van der Waals surface area contributed by atoms with Crippen LogP contribution in [0.4, 0.5) is 0 Å². The monoisotopic (exact) mass is 265 g/mol. The Bertz CT molecular complexity index is 497. The van der Waals surface area contributed by atoms with Crippen molar-refractivity contribution < 1.29 is 14.7 Å².